The summed E-state index contributed by atoms with van der Waals surface area (Å²) in [5, 5.41) is 17.1. The number of Topliss-reactive ketones (excluding diaryl/α,β-unsaturated/α-hetero) is 1. The van der Waals surface area contributed by atoms with Gasteiger partial charge < -0.3 is 9.47 Å². The number of nitro groups is 1. The first-order chi connectivity index (χ1) is 16.1. The van der Waals surface area contributed by atoms with Crippen LogP contribution in [0, 0.1) is 15.5 Å². The summed E-state index contributed by atoms with van der Waals surface area (Å²) < 4.78 is 11.2. The molecule has 0 amide bonds. The first kappa shape index (κ1) is 21.7. The molecule has 0 aliphatic carbocycles. The summed E-state index contributed by atoms with van der Waals surface area (Å²) >= 11 is 0. The lowest BCUT2D eigenvalue weighted by Gasteiger charge is -2.44. The van der Waals surface area contributed by atoms with Gasteiger partial charge in [0.1, 0.15) is 12.1 Å². The quantitative estimate of drug-likeness (QED) is 0.294. The zero-order valence-corrected chi connectivity index (χ0v) is 18.6. The van der Waals surface area contributed by atoms with Crippen molar-refractivity contribution in [3.8, 4) is 0 Å². The average Bonchev–Trinajstić information content (AvgIpc) is 3.10. The number of esters is 2. The third kappa shape index (κ3) is 2.87. The fourth-order valence-corrected chi connectivity index (χ4v) is 5.34. The Kier molecular flexibility index (Phi) is 4.61. The monoisotopic (exact) mass is 463 g/mol. The van der Waals surface area contributed by atoms with E-state index in [-0.39, 0.29) is 11.5 Å². The maximum Gasteiger partial charge on any atom is 0.330 e. The van der Waals surface area contributed by atoms with Crippen LogP contribution in [0.5, 0.6) is 0 Å². The van der Waals surface area contributed by atoms with Crippen molar-refractivity contribution < 1.29 is 28.8 Å². The minimum atomic E-state index is -1.96. The van der Waals surface area contributed by atoms with E-state index in [9.17, 15) is 24.5 Å². The Balaban J connectivity index is 1.80. The molecule has 0 bridgehead atoms. The van der Waals surface area contributed by atoms with Crippen LogP contribution >= 0.6 is 0 Å². The molecule has 3 aliphatic rings. The van der Waals surface area contributed by atoms with E-state index in [4.69, 9.17) is 9.47 Å². The van der Waals surface area contributed by atoms with E-state index in [1.807, 2.05) is 0 Å². The predicted molar refractivity (Wildman–Crippen MR) is 118 cm³/mol. The van der Waals surface area contributed by atoms with E-state index < -0.39 is 46.1 Å². The van der Waals surface area contributed by atoms with Crippen LogP contribution in [-0.2, 0) is 23.9 Å². The number of nitrogens with zero attached hydrogens (tertiary/aromatic N) is 3. The van der Waals surface area contributed by atoms with Gasteiger partial charge in [-0.3, -0.25) is 29.5 Å². The van der Waals surface area contributed by atoms with Crippen molar-refractivity contribution in [3.63, 3.8) is 0 Å². The molecular formula is C24H21N3O7. The first-order valence-electron chi connectivity index (χ1n) is 10.7. The van der Waals surface area contributed by atoms with Gasteiger partial charge in [0.2, 0.25) is 5.41 Å². The molecule has 2 saturated heterocycles. The van der Waals surface area contributed by atoms with E-state index in [1.54, 1.807) is 30.5 Å². The van der Waals surface area contributed by atoms with Gasteiger partial charge in [-0.25, -0.2) is 0 Å². The van der Waals surface area contributed by atoms with Crippen LogP contribution in [0.1, 0.15) is 49.4 Å². The number of hydrazone groups is 1. The number of carbonyl (C=O) groups is 3. The predicted octanol–water partition coefficient (Wildman–Crippen LogP) is 2.86. The van der Waals surface area contributed by atoms with Gasteiger partial charge >= 0.3 is 11.9 Å². The Bertz CT molecular complexity index is 1250. The van der Waals surface area contributed by atoms with Crippen LogP contribution < -0.4 is 0 Å². The van der Waals surface area contributed by atoms with E-state index in [0.29, 0.717) is 16.7 Å². The molecule has 3 aliphatic heterocycles. The number of fused-ring (bicyclic) bond motifs is 4. The molecule has 34 heavy (non-hydrogen) atoms. The lowest BCUT2D eigenvalue weighted by molar-refractivity contribution is -0.384. The van der Waals surface area contributed by atoms with E-state index in [0.717, 1.165) is 0 Å². The average molecular weight is 463 g/mol. The topological polar surface area (TPSA) is 128 Å². The van der Waals surface area contributed by atoms with E-state index in [2.05, 4.69) is 5.10 Å². The molecule has 10 nitrogen and oxygen atoms in total. The maximum absolute atomic E-state index is 13.8. The maximum atomic E-state index is 13.8. The molecular weight excluding hydrogens is 442 g/mol. The lowest BCUT2D eigenvalue weighted by atomic mass is 9.65. The number of ether oxygens (including phenoxy) is 2. The highest BCUT2D eigenvalue weighted by molar-refractivity contribution is 6.07. The zero-order chi connectivity index (χ0) is 24.4. The molecule has 0 unspecified atom stereocenters. The second kappa shape index (κ2) is 7.21. The van der Waals surface area contributed by atoms with Crippen molar-refractivity contribution in [2.75, 3.05) is 0 Å². The molecule has 5 rings (SSSR count). The summed E-state index contributed by atoms with van der Waals surface area (Å²) in [6, 6.07) is 10.6. The number of nitro benzene ring substituents is 1. The number of rotatable bonds is 3. The lowest BCUT2D eigenvalue weighted by Crippen LogP contribution is -2.58. The highest BCUT2D eigenvalue weighted by atomic mass is 16.7. The molecule has 0 aromatic heterocycles. The summed E-state index contributed by atoms with van der Waals surface area (Å²) in [6.45, 7) is 4.27. The van der Waals surface area contributed by atoms with Crippen molar-refractivity contribution in [3.05, 3.63) is 75.3 Å². The number of benzene rings is 2. The second-order valence-corrected chi connectivity index (χ2v) is 9.09. The van der Waals surface area contributed by atoms with Crippen LogP contribution in [0.25, 0.3) is 0 Å². The van der Waals surface area contributed by atoms with Crippen molar-refractivity contribution in [1.82, 2.24) is 5.01 Å². The minimum Gasteiger partial charge on any atom is -0.422 e. The van der Waals surface area contributed by atoms with Gasteiger partial charge in [-0.1, -0.05) is 36.4 Å². The van der Waals surface area contributed by atoms with E-state index >= 15 is 0 Å². The standard InChI is InChI=1S/C24H21N3O7/c1-13(28)19-18(14-8-10-16(11-9-14)27(31)32)24(21(29)33-23(2,3)34-22(24)30)20-17-7-5-4-6-15(17)12-25-26(19)20/h4-12,18-20H,1-3H3/t18-,19+,20-/m0/s1. The molecule has 0 N–H and O–H groups in total. The molecule has 2 aromatic carbocycles. The fourth-order valence-electron chi connectivity index (χ4n) is 5.34. The Morgan fingerprint density at radius 1 is 1.06 bits per heavy atom. The number of non-ortho nitro benzene ring substituents is 1. The minimum absolute atomic E-state index is 0.161. The molecule has 3 atom stereocenters. The third-order valence-corrected chi connectivity index (χ3v) is 6.64. The SMILES string of the molecule is CC(=O)[C@@H]1[C@H](c2ccc([N+](=O)[O-])cc2)C2(C(=O)OC(C)(C)OC2=O)[C@@H]2c3ccccc3C=NN12. The molecule has 0 saturated carbocycles. The first-order valence-corrected chi connectivity index (χ1v) is 10.7. The second-order valence-electron chi connectivity index (χ2n) is 9.09. The molecule has 0 radical (unpaired) electrons. The van der Waals surface area contributed by atoms with Gasteiger partial charge in [0.15, 0.2) is 5.78 Å². The number of ketones is 1. The Hall–Kier alpha value is -4.08. The number of hydrogen-bond acceptors (Lipinski definition) is 9. The van der Waals surface area contributed by atoms with E-state index in [1.165, 1.54) is 50.0 Å². The largest absolute Gasteiger partial charge is 0.422 e. The summed E-state index contributed by atoms with van der Waals surface area (Å²) in [5.41, 5.74) is -0.412. The van der Waals surface area contributed by atoms with Gasteiger partial charge in [0.05, 0.1) is 11.1 Å². The van der Waals surface area contributed by atoms with Gasteiger partial charge in [0.25, 0.3) is 11.5 Å². The summed E-state index contributed by atoms with van der Waals surface area (Å²) in [4.78, 5) is 51.3. The summed E-state index contributed by atoms with van der Waals surface area (Å²) in [6.07, 6.45) is 1.58. The van der Waals surface area contributed by atoms with Crippen LogP contribution in [0.15, 0.2) is 53.6 Å². The van der Waals surface area contributed by atoms with Gasteiger partial charge in [-0.05, 0) is 23.6 Å². The molecule has 3 heterocycles. The number of hydrogen-bond donors (Lipinski definition) is 0. The van der Waals surface area contributed by atoms with Gasteiger partial charge in [-0.15, -0.1) is 0 Å². The van der Waals surface area contributed by atoms with Crippen molar-refractivity contribution >= 4 is 29.6 Å². The van der Waals surface area contributed by atoms with Crippen LogP contribution in [0.4, 0.5) is 5.69 Å². The molecule has 2 fully saturated rings. The van der Waals surface area contributed by atoms with Crippen molar-refractivity contribution in [1.29, 1.82) is 0 Å². The highest BCUT2D eigenvalue weighted by Crippen LogP contribution is 2.62. The molecule has 1 spiro atoms. The van der Waals surface area contributed by atoms with Crippen LogP contribution in [0.2, 0.25) is 0 Å². The summed E-state index contributed by atoms with van der Waals surface area (Å²) in [7, 11) is 0. The van der Waals surface area contributed by atoms with Crippen molar-refractivity contribution in [2.24, 2.45) is 10.5 Å². The Labute approximate surface area is 194 Å². The molecule has 10 heteroatoms. The Morgan fingerprint density at radius 3 is 2.26 bits per heavy atom. The fraction of sp³-hybridized carbons (Fsp3) is 0.333. The van der Waals surface area contributed by atoms with Crippen molar-refractivity contribution in [2.45, 2.75) is 44.6 Å². The van der Waals surface area contributed by atoms with Crippen LogP contribution in [-0.4, -0.2) is 45.7 Å². The normalized spacial score (nSPS) is 25.9. The van der Waals surface area contributed by atoms with Crippen LogP contribution in [0.3, 0.4) is 0 Å². The van der Waals surface area contributed by atoms with Gasteiger partial charge in [-0.2, -0.15) is 5.10 Å². The summed E-state index contributed by atoms with van der Waals surface area (Å²) in [5.74, 6) is -4.54. The molecule has 174 valence electrons. The smallest absolute Gasteiger partial charge is 0.330 e. The van der Waals surface area contributed by atoms with Gasteiger partial charge in [0, 0.05) is 31.9 Å². The third-order valence-electron chi connectivity index (χ3n) is 6.64. The Morgan fingerprint density at radius 2 is 1.68 bits per heavy atom. The molecule has 2 aromatic rings. The zero-order valence-electron chi connectivity index (χ0n) is 18.6. The highest BCUT2D eigenvalue weighted by Gasteiger charge is 2.74. The number of cyclic esters (lactones) is 2. The number of carbonyl (C=O) groups excluding carboxylic acids is 3.